The summed E-state index contributed by atoms with van der Waals surface area (Å²) < 4.78 is 17.5. The molecule has 5 N–H and O–H groups in total. The van der Waals surface area contributed by atoms with Crippen LogP contribution in [0.3, 0.4) is 0 Å². The van der Waals surface area contributed by atoms with Crippen molar-refractivity contribution in [3.8, 4) is 0 Å². The van der Waals surface area contributed by atoms with E-state index in [1.165, 1.54) is 11.7 Å². The molecule has 3 heterocycles. The summed E-state index contributed by atoms with van der Waals surface area (Å²) in [6.07, 6.45) is 4.72. The quantitative estimate of drug-likeness (QED) is 0.176. The number of fused-ring (bicyclic) bond motifs is 4. The number of rotatable bonds is 6. The minimum absolute atomic E-state index is 0.229. The maximum Gasteiger partial charge on any atom is 0.325 e. The van der Waals surface area contributed by atoms with Gasteiger partial charge in [0, 0.05) is 25.1 Å². The van der Waals surface area contributed by atoms with Crippen LogP contribution in [0.4, 0.5) is 0 Å². The van der Waals surface area contributed by atoms with Crippen LogP contribution in [0.1, 0.15) is 70.7 Å². The molecule has 3 amide bonds. The van der Waals surface area contributed by atoms with Crippen LogP contribution < -0.4 is 21.1 Å². The van der Waals surface area contributed by atoms with E-state index in [-0.39, 0.29) is 18.4 Å². The number of hydrazine groups is 1. The van der Waals surface area contributed by atoms with Gasteiger partial charge in [-0.25, -0.2) is 15.5 Å². The molecule has 2 aliphatic heterocycles. The molecule has 46 heavy (non-hydrogen) atoms. The van der Waals surface area contributed by atoms with Gasteiger partial charge < -0.3 is 20.3 Å². The monoisotopic (exact) mass is 656 g/mol. The molecule has 0 aliphatic carbocycles. The minimum Gasteiger partial charge on any atom is -0.455 e. The summed E-state index contributed by atoms with van der Waals surface area (Å²) in [7, 11) is -3.42. The number of carbonyl (C=O) groups excluding carboxylic acids is 4. The van der Waals surface area contributed by atoms with Crippen molar-refractivity contribution in [2.45, 2.75) is 77.6 Å². The second kappa shape index (κ2) is 15.3. The van der Waals surface area contributed by atoms with Crippen LogP contribution >= 0.6 is 7.52 Å². The Hall–Kier alpha value is -3.64. The van der Waals surface area contributed by atoms with E-state index in [1.54, 1.807) is 45.9 Å². The first-order valence-corrected chi connectivity index (χ1v) is 17.9. The highest BCUT2D eigenvalue weighted by molar-refractivity contribution is 7.54. The molecule has 0 spiro atoms. The maximum absolute atomic E-state index is 13.6. The zero-order valence-electron chi connectivity index (χ0n) is 27.0. The van der Waals surface area contributed by atoms with Gasteiger partial charge in [-0.3, -0.25) is 28.8 Å². The fourth-order valence-electron chi connectivity index (χ4n) is 5.46. The molecule has 1 fully saturated rings. The van der Waals surface area contributed by atoms with Crippen LogP contribution in [-0.2, 0) is 28.5 Å². The van der Waals surface area contributed by atoms with Gasteiger partial charge in [-0.2, -0.15) is 0 Å². The van der Waals surface area contributed by atoms with Crippen LogP contribution in [0.15, 0.2) is 36.4 Å². The largest absolute Gasteiger partial charge is 0.455 e. The Morgan fingerprint density at radius 2 is 1.85 bits per heavy atom. The molecule has 250 valence electrons. The van der Waals surface area contributed by atoms with Crippen LogP contribution in [0.5, 0.6) is 0 Å². The van der Waals surface area contributed by atoms with Gasteiger partial charge in [0.25, 0.3) is 13.4 Å². The first-order chi connectivity index (χ1) is 21.7. The molecule has 0 saturated carbocycles. The standard InChI is InChI=1S/C32H45N6O7P/c1-19(2)28-30(40)34-20(3)31(41)38-17-7-9-26(37-38)32(42)45-21(4)25-15-14-23-12-10-22(18-27(23)35-25)11-13-24(29(39)36-28)8-6-16-33-46(5,43)44/h10-15,18-21,24,26,28,37H,6-9,16-17H2,1-5H3,(H,34,40)(H,36,39)(H2,33,43,44)/b13-11+/t20-,21+,24+,26-,28?/m0/s1. The summed E-state index contributed by atoms with van der Waals surface area (Å²) in [5.41, 5.74) is 4.99. The Kier molecular flexibility index (Phi) is 11.7. The summed E-state index contributed by atoms with van der Waals surface area (Å²) >= 11 is 0. The fraction of sp³-hybridized carbons (Fsp3) is 0.531. The van der Waals surface area contributed by atoms with Gasteiger partial charge in [-0.15, -0.1) is 0 Å². The predicted octanol–water partition coefficient (Wildman–Crippen LogP) is 2.81. The van der Waals surface area contributed by atoms with Crippen LogP contribution in [0, 0.1) is 11.8 Å². The number of nitrogens with one attached hydrogen (secondary N) is 4. The van der Waals surface area contributed by atoms with E-state index in [1.807, 2.05) is 24.3 Å². The van der Waals surface area contributed by atoms with Crippen molar-refractivity contribution in [2.75, 3.05) is 19.8 Å². The molecule has 13 nitrogen and oxygen atoms in total. The normalized spacial score (nSPS) is 27.1. The average molecular weight is 657 g/mol. The smallest absolute Gasteiger partial charge is 0.325 e. The Morgan fingerprint density at radius 1 is 1.11 bits per heavy atom. The van der Waals surface area contributed by atoms with E-state index >= 15 is 0 Å². The Morgan fingerprint density at radius 3 is 2.57 bits per heavy atom. The number of nitrogens with zero attached hydrogens (tertiary/aromatic N) is 2. The number of carbonyl (C=O) groups is 4. The Bertz CT molecular complexity index is 1530. The maximum atomic E-state index is 13.6. The molecule has 6 atom stereocenters. The summed E-state index contributed by atoms with van der Waals surface area (Å²) in [5.74, 6) is -2.78. The van der Waals surface area contributed by atoms with Crippen molar-refractivity contribution >= 4 is 48.2 Å². The van der Waals surface area contributed by atoms with E-state index in [0.29, 0.717) is 43.4 Å². The number of hydrogen-bond acceptors (Lipinski definition) is 8. The Labute approximate surface area is 269 Å². The molecule has 1 aromatic carbocycles. The van der Waals surface area contributed by atoms with E-state index in [0.717, 1.165) is 10.9 Å². The molecule has 2 aromatic rings. The van der Waals surface area contributed by atoms with Crippen LogP contribution in [-0.4, -0.2) is 76.5 Å². The second-order valence-corrected chi connectivity index (χ2v) is 14.5. The van der Waals surface area contributed by atoms with Gasteiger partial charge in [0.1, 0.15) is 24.2 Å². The molecule has 2 unspecified atom stereocenters. The predicted molar refractivity (Wildman–Crippen MR) is 174 cm³/mol. The molecule has 14 heteroatoms. The molecule has 1 aromatic heterocycles. The number of benzene rings is 1. The number of pyridine rings is 1. The summed E-state index contributed by atoms with van der Waals surface area (Å²) in [6.45, 7) is 8.69. The highest BCUT2D eigenvalue weighted by atomic mass is 31.2. The highest BCUT2D eigenvalue weighted by Gasteiger charge is 2.34. The summed E-state index contributed by atoms with van der Waals surface area (Å²) in [4.78, 5) is 67.8. The SMILES string of the molecule is CC(C)C1NC(=O)[C@H](CCCNP(C)(=O)O)/C=C/c2ccc3ccc(nc3c2)[C@@H](C)OC(=O)[C@@H]2CCCN(N2)C(=O)[C@H](C)NC1=O. The summed E-state index contributed by atoms with van der Waals surface area (Å²) in [5, 5.41) is 10.4. The molecule has 2 aliphatic rings. The molecule has 4 rings (SSSR count). The van der Waals surface area contributed by atoms with E-state index in [9.17, 15) is 28.6 Å². The average Bonchev–Trinajstić information content (AvgIpc) is 3.01. The third-order valence-electron chi connectivity index (χ3n) is 8.11. The zero-order chi connectivity index (χ0) is 33.6. The lowest BCUT2D eigenvalue weighted by molar-refractivity contribution is -0.157. The van der Waals surface area contributed by atoms with Gasteiger partial charge in [0.05, 0.1) is 17.1 Å². The van der Waals surface area contributed by atoms with Crippen molar-refractivity contribution < 1.29 is 33.4 Å². The second-order valence-electron chi connectivity index (χ2n) is 12.4. The van der Waals surface area contributed by atoms with Crippen molar-refractivity contribution in [2.24, 2.45) is 11.8 Å². The van der Waals surface area contributed by atoms with E-state index < -0.39 is 55.5 Å². The fourth-order valence-corrected chi connectivity index (χ4v) is 6.03. The number of amides is 3. The third-order valence-corrected chi connectivity index (χ3v) is 8.93. The van der Waals surface area contributed by atoms with Crippen LogP contribution in [0.25, 0.3) is 17.0 Å². The Balaban J connectivity index is 1.68. The highest BCUT2D eigenvalue weighted by Crippen LogP contribution is 2.29. The number of aromatic nitrogens is 1. The lowest BCUT2D eigenvalue weighted by Crippen LogP contribution is -2.61. The van der Waals surface area contributed by atoms with Gasteiger partial charge in [0.2, 0.25) is 11.8 Å². The summed E-state index contributed by atoms with van der Waals surface area (Å²) in [6, 6.07) is 6.78. The first kappa shape index (κ1) is 35.2. The number of ether oxygens (including phenoxy) is 1. The van der Waals surface area contributed by atoms with Crippen LogP contribution in [0.2, 0.25) is 0 Å². The lowest BCUT2D eigenvalue weighted by Gasteiger charge is -2.35. The van der Waals surface area contributed by atoms with Gasteiger partial charge in [0.15, 0.2) is 0 Å². The molecular formula is C32H45N6O7P. The molecule has 0 radical (unpaired) electrons. The molecular weight excluding hydrogens is 611 g/mol. The lowest BCUT2D eigenvalue weighted by atomic mass is 9.97. The van der Waals surface area contributed by atoms with Crippen molar-refractivity contribution in [3.05, 3.63) is 47.7 Å². The molecule has 5 bridgehead atoms. The number of cyclic esters (lactones) is 1. The van der Waals surface area contributed by atoms with Crippen molar-refractivity contribution in [1.29, 1.82) is 0 Å². The van der Waals surface area contributed by atoms with Gasteiger partial charge in [-0.1, -0.05) is 44.2 Å². The van der Waals surface area contributed by atoms with Crippen molar-refractivity contribution in [3.63, 3.8) is 0 Å². The molecule has 1 saturated heterocycles. The van der Waals surface area contributed by atoms with E-state index in [2.05, 4.69) is 21.1 Å². The zero-order valence-corrected chi connectivity index (χ0v) is 27.9. The van der Waals surface area contributed by atoms with Gasteiger partial charge >= 0.3 is 5.97 Å². The number of hydrogen-bond donors (Lipinski definition) is 5. The van der Waals surface area contributed by atoms with E-state index in [4.69, 9.17) is 9.72 Å². The van der Waals surface area contributed by atoms with Gasteiger partial charge in [-0.05, 0) is 63.1 Å². The third kappa shape index (κ3) is 9.45. The van der Waals surface area contributed by atoms with Crippen molar-refractivity contribution in [1.82, 2.24) is 31.1 Å². The first-order valence-electron chi connectivity index (χ1n) is 15.7. The number of esters is 1. The topological polar surface area (TPSA) is 179 Å². The minimum atomic E-state index is -3.42.